The highest BCUT2D eigenvalue weighted by Crippen LogP contribution is 2.13. The van der Waals surface area contributed by atoms with Crippen LogP contribution in [0, 0.1) is 0 Å². The maximum atomic E-state index is 12.3. The first-order valence-corrected chi connectivity index (χ1v) is 22.6. The van der Waals surface area contributed by atoms with Gasteiger partial charge in [-0.25, -0.2) is 4.79 Å². The number of amides is 4. The van der Waals surface area contributed by atoms with Crippen molar-refractivity contribution in [1.82, 2.24) is 21.3 Å². The van der Waals surface area contributed by atoms with Crippen molar-refractivity contribution in [2.24, 2.45) is 0 Å². The topological polar surface area (TPSA) is 262 Å². The summed E-state index contributed by atoms with van der Waals surface area (Å²) in [6.07, 6.45) is 13.6. The van der Waals surface area contributed by atoms with Crippen molar-refractivity contribution in [1.29, 1.82) is 0 Å². The van der Waals surface area contributed by atoms with Crippen LogP contribution < -0.4 is 21.3 Å². The Balaban J connectivity index is -0.0000120. The SMILES string of the molecule is O=Cc1ccc(CNC(=O)COCCOCCNC(=O)COCCOCCNC(=O)CC[C@H](NC(=O)CCCCCCCCCCCCCCCS(=O)(=O)O)C(=O)O)cc1.[HH].[HH].[HH]. The van der Waals surface area contributed by atoms with E-state index in [2.05, 4.69) is 21.3 Å². The Labute approximate surface area is 359 Å². The zero-order valence-corrected chi connectivity index (χ0v) is 35.8. The summed E-state index contributed by atoms with van der Waals surface area (Å²) in [7, 11) is -3.85. The number of aldehydes is 1. The van der Waals surface area contributed by atoms with E-state index in [-0.39, 0.29) is 119 Å². The lowest BCUT2D eigenvalue weighted by Crippen LogP contribution is -2.41. The van der Waals surface area contributed by atoms with Crippen molar-refractivity contribution in [3.8, 4) is 0 Å². The number of carbonyl (C=O) groups excluding carboxylic acids is 5. The van der Waals surface area contributed by atoms with Crippen molar-refractivity contribution in [3.63, 3.8) is 0 Å². The highest BCUT2D eigenvalue weighted by atomic mass is 32.2. The summed E-state index contributed by atoms with van der Waals surface area (Å²) >= 11 is 0. The normalized spacial score (nSPS) is 11.8. The Bertz CT molecular complexity index is 1480. The largest absolute Gasteiger partial charge is 0.480 e. The van der Waals surface area contributed by atoms with Crippen LogP contribution in [-0.4, -0.2) is 132 Å². The number of ether oxygens (including phenoxy) is 4. The summed E-state index contributed by atoms with van der Waals surface area (Å²) in [5.74, 6) is -2.68. The van der Waals surface area contributed by atoms with Crippen LogP contribution in [-0.2, 0) is 59.6 Å². The molecule has 0 saturated carbocycles. The van der Waals surface area contributed by atoms with E-state index >= 15 is 0 Å². The third-order valence-corrected chi connectivity index (χ3v) is 9.86. The van der Waals surface area contributed by atoms with E-state index in [4.69, 9.17) is 23.5 Å². The van der Waals surface area contributed by atoms with Crippen molar-refractivity contribution in [3.05, 3.63) is 35.4 Å². The molecule has 0 fully saturated rings. The van der Waals surface area contributed by atoms with Gasteiger partial charge in [0.25, 0.3) is 10.1 Å². The smallest absolute Gasteiger partial charge is 0.326 e. The van der Waals surface area contributed by atoms with Crippen molar-refractivity contribution in [2.75, 3.05) is 71.7 Å². The fourth-order valence-electron chi connectivity index (χ4n) is 5.71. The van der Waals surface area contributed by atoms with Crippen LogP contribution in [0.5, 0.6) is 0 Å². The van der Waals surface area contributed by atoms with Crippen molar-refractivity contribution in [2.45, 2.75) is 115 Å². The number of carboxylic acid groups (broad SMARTS) is 1. The van der Waals surface area contributed by atoms with E-state index in [1.54, 1.807) is 24.3 Å². The molecule has 4 amide bonds. The predicted octanol–water partition coefficient (Wildman–Crippen LogP) is 3.85. The van der Waals surface area contributed by atoms with Crippen LogP contribution in [0.3, 0.4) is 0 Å². The first kappa shape index (κ1) is 54.0. The summed E-state index contributed by atoms with van der Waals surface area (Å²) < 4.78 is 51.4. The lowest BCUT2D eigenvalue weighted by molar-refractivity contribution is -0.142. The maximum absolute atomic E-state index is 12.3. The zero-order chi connectivity index (χ0) is 44.1. The molecule has 1 rings (SSSR count). The molecule has 60 heavy (non-hydrogen) atoms. The minimum atomic E-state index is -3.85. The van der Waals surface area contributed by atoms with Crippen molar-refractivity contribution >= 4 is 46.0 Å². The predicted molar refractivity (Wildman–Crippen MR) is 229 cm³/mol. The van der Waals surface area contributed by atoms with Gasteiger partial charge in [0, 0.05) is 42.3 Å². The number of hydrogen-bond donors (Lipinski definition) is 6. The van der Waals surface area contributed by atoms with E-state index in [9.17, 15) is 42.3 Å². The highest BCUT2D eigenvalue weighted by Gasteiger charge is 2.20. The van der Waals surface area contributed by atoms with Gasteiger partial charge in [-0.15, -0.1) is 0 Å². The van der Waals surface area contributed by atoms with E-state index in [0.717, 1.165) is 82.5 Å². The quantitative estimate of drug-likeness (QED) is 0.0311. The van der Waals surface area contributed by atoms with E-state index in [1.165, 1.54) is 0 Å². The number of hydrogen-bond acceptors (Lipinski definition) is 12. The molecule has 0 radical (unpaired) electrons. The Hall–Kier alpha value is -4.01. The molecule has 0 aliphatic rings. The van der Waals surface area contributed by atoms with Crippen LogP contribution in [0.4, 0.5) is 0 Å². The number of carboxylic acids is 1. The van der Waals surface area contributed by atoms with Gasteiger partial charge >= 0.3 is 5.97 Å². The average Bonchev–Trinajstić information content (AvgIpc) is 3.21. The third kappa shape index (κ3) is 33.8. The van der Waals surface area contributed by atoms with Gasteiger partial charge in [-0.1, -0.05) is 94.9 Å². The molecule has 0 unspecified atom stereocenters. The van der Waals surface area contributed by atoms with Crippen LogP contribution in [0.1, 0.15) is 123 Å². The van der Waals surface area contributed by atoms with E-state index < -0.39 is 22.1 Å². The fraction of sp³-hybridized carbons (Fsp3) is 0.707. The number of unbranched alkanes of at least 4 members (excludes halogenated alkanes) is 12. The Morgan fingerprint density at radius 2 is 1.07 bits per heavy atom. The summed E-state index contributed by atoms with van der Waals surface area (Å²) in [5.41, 5.74) is 1.42. The van der Waals surface area contributed by atoms with Crippen LogP contribution in [0.25, 0.3) is 0 Å². The Morgan fingerprint density at radius 3 is 1.57 bits per heavy atom. The molecular weight excluding hydrogens is 805 g/mol. The van der Waals surface area contributed by atoms with Crippen molar-refractivity contribution < 1.29 is 70.1 Å². The van der Waals surface area contributed by atoms with Gasteiger partial charge in [0.15, 0.2) is 0 Å². The molecule has 19 heteroatoms. The second kappa shape index (κ2) is 35.7. The van der Waals surface area contributed by atoms with Crippen LogP contribution >= 0.6 is 0 Å². The Morgan fingerprint density at radius 1 is 0.600 bits per heavy atom. The summed E-state index contributed by atoms with van der Waals surface area (Å²) in [5, 5.41) is 20.0. The summed E-state index contributed by atoms with van der Waals surface area (Å²) in [4.78, 5) is 70.6. The number of benzene rings is 1. The van der Waals surface area contributed by atoms with Crippen LogP contribution in [0.15, 0.2) is 24.3 Å². The minimum Gasteiger partial charge on any atom is -0.480 e. The van der Waals surface area contributed by atoms with Gasteiger partial charge in [-0.3, -0.25) is 28.5 Å². The van der Waals surface area contributed by atoms with E-state index in [0.29, 0.717) is 24.9 Å². The molecule has 0 heterocycles. The Kier molecular flexibility index (Phi) is 32.2. The summed E-state index contributed by atoms with van der Waals surface area (Å²) in [6, 6.07) is 5.71. The second-order valence-corrected chi connectivity index (χ2v) is 15.9. The van der Waals surface area contributed by atoms with Crippen LogP contribution in [0.2, 0.25) is 0 Å². The molecule has 0 bridgehead atoms. The van der Waals surface area contributed by atoms with Gasteiger partial charge in [0.2, 0.25) is 23.6 Å². The van der Waals surface area contributed by atoms with Gasteiger partial charge in [-0.05, 0) is 24.8 Å². The fourth-order valence-corrected chi connectivity index (χ4v) is 6.28. The minimum absolute atomic E-state index is 0. The molecule has 0 spiro atoms. The molecule has 1 aromatic carbocycles. The lowest BCUT2D eigenvalue weighted by Gasteiger charge is -2.14. The second-order valence-electron chi connectivity index (χ2n) is 14.3. The molecule has 0 aliphatic heterocycles. The molecular formula is C41H74N4O14S. The molecule has 0 aliphatic carbocycles. The number of rotatable bonds is 40. The molecule has 18 nitrogen and oxygen atoms in total. The van der Waals surface area contributed by atoms with E-state index in [1.807, 2.05) is 0 Å². The molecule has 0 aromatic heterocycles. The molecule has 1 atom stereocenters. The van der Waals surface area contributed by atoms with Gasteiger partial charge in [0.05, 0.1) is 45.4 Å². The monoisotopic (exact) mass is 878 g/mol. The number of nitrogens with one attached hydrogen (secondary N) is 4. The molecule has 6 N–H and O–H groups in total. The molecule has 0 saturated heterocycles. The van der Waals surface area contributed by atoms with Gasteiger partial charge in [0.1, 0.15) is 25.5 Å². The lowest BCUT2D eigenvalue weighted by atomic mass is 10.0. The highest BCUT2D eigenvalue weighted by molar-refractivity contribution is 7.85. The first-order valence-electron chi connectivity index (χ1n) is 21.0. The zero-order valence-electron chi connectivity index (χ0n) is 35.0. The number of aliphatic carboxylic acids is 1. The molecule has 1 aromatic rings. The first-order chi connectivity index (χ1) is 28.9. The molecule has 348 valence electrons. The van der Waals surface area contributed by atoms with Gasteiger partial charge in [-0.2, -0.15) is 8.42 Å². The third-order valence-electron chi connectivity index (χ3n) is 9.05. The average molecular weight is 879 g/mol. The summed E-state index contributed by atoms with van der Waals surface area (Å²) in [6.45, 7) is 1.74. The number of carbonyl (C=O) groups is 6. The maximum Gasteiger partial charge on any atom is 0.326 e. The van der Waals surface area contributed by atoms with Gasteiger partial charge < -0.3 is 45.3 Å². The standard InChI is InChI=1S/C41H68N4O14S.3H2/c46-31-35-17-15-34(16-18-35)30-44-40(50)33-59-28-26-57-24-22-43-39(49)32-58-27-25-56-23-21-42-37(47)20-19-36(41(51)52)45-38(48)14-12-10-8-6-4-2-1-3-5-7-9-11-13-29-60(53,54)55;;;/h15-18,31,36H,1-14,19-30,32-33H2,(H,42,47)(H,43,49)(H,44,50)(H,45,48)(H,51,52)(H,53,54,55);3*1H/t36-;;;/m0.../s1.